The van der Waals surface area contributed by atoms with Crippen molar-refractivity contribution in [3.8, 4) is 11.5 Å². The molecule has 0 bridgehead atoms. The molecule has 0 saturated carbocycles. The van der Waals surface area contributed by atoms with Crippen LogP contribution >= 0.6 is 0 Å². The van der Waals surface area contributed by atoms with E-state index >= 15 is 0 Å². The molecule has 1 aromatic carbocycles. The van der Waals surface area contributed by atoms with Crippen LogP contribution in [0.1, 0.15) is 32.4 Å². The minimum atomic E-state index is -0.511. The Bertz CT molecular complexity index is 827. The molecule has 132 valence electrons. The van der Waals surface area contributed by atoms with Crippen molar-refractivity contribution in [2.45, 2.75) is 26.8 Å². The van der Waals surface area contributed by atoms with Gasteiger partial charge in [-0.3, -0.25) is 4.79 Å². The number of carbonyl (C=O) groups is 1. The third-order valence-corrected chi connectivity index (χ3v) is 3.94. The Morgan fingerprint density at radius 3 is 2.68 bits per heavy atom. The van der Waals surface area contributed by atoms with E-state index in [2.05, 4.69) is 15.4 Å². The van der Waals surface area contributed by atoms with Crippen LogP contribution in [-0.2, 0) is 4.79 Å². The van der Waals surface area contributed by atoms with E-state index in [1.54, 1.807) is 11.6 Å². The van der Waals surface area contributed by atoms with Crippen molar-refractivity contribution in [3.63, 3.8) is 0 Å². The number of benzene rings is 1. The van der Waals surface area contributed by atoms with E-state index in [1.807, 2.05) is 32.0 Å². The van der Waals surface area contributed by atoms with E-state index in [9.17, 15) is 4.79 Å². The Labute approximate surface area is 145 Å². The number of anilines is 1. The summed E-state index contributed by atoms with van der Waals surface area (Å²) in [6.45, 7) is 6.65. The summed E-state index contributed by atoms with van der Waals surface area (Å²) < 4.78 is 12.9. The molecule has 0 saturated heterocycles. The lowest BCUT2D eigenvalue weighted by Crippen LogP contribution is -2.31. The maximum absolute atomic E-state index is 12.1. The summed E-state index contributed by atoms with van der Waals surface area (Å²) in [4.78, 5) is 16.2. The van der Waals surface area contributed by atoms with E-state index in [0.717, 1.165) is 5.56 Å². The van der Waals surface area contributed by atoms with Gasteiger partial charge in [-0.05, 0) is 38.5 Å². The molecule has 3 rings (SSSR count). The lowest BCUT2D eigenvalue weighted by atomic mass is 9.95. The molecule has 1 atom stereocenters. The molecule has 1 aromatic heterocycles. The fraction of sp³-hybridized carbons (Fsp3) is 0.353. The van der Waals surface area contributed by atoms with Gasteiger partial charge < -0.3 is 20.5 Å². The number of hydrogen-bond acceptors (Lipinski definition) is 6. The highest BCUT2D eigenvalue weighted by atomic mass is 16.5. The minimum absolute atomic E-state index is 0.435. The molecule has 0 spiro atoms. The monoisotopic (exact) mass is 343 g/mol. The van der Waals surface area contributed by atoms with Crippen LogP contribution in [0.25, 0.3) is 0 Å². The van der Waals surface area contributed by atoms with Gasteiger partial charge in [0.2, 0.25) is 11.9 Å². The van der Waals surface area contributed by atoms with E-state index in [-0.39, 0.29) is 0 Å². The SMILES string of the molecule is CCOc1ccc(C2C(C(N)=O)=C(C)Nc3ncnn32)cc1OCC. The third-order valence-electron chi connectivity index (χ3n) is 3.94. The number of fused-ring (bicyclic) bond motifs is 1. The first-order valence-electron chi connectivity index (χ1n) is 8.13. The molecule has 3 N–H and O–H groups in total. The average Bonchev–Trinajstić information content (AvgIpc) is 3.03. The molecule has 1 aliphatic rings. The predicted octanol–water partition coefficient (Wildman–Crippen LogP) is 1.85. The van der Waals surface area contributed by atoms with Gasteiger partial charge in [0.1, 0.15) is 12.4 Å². The van der Waals surface area contributed by atoms with Crippen LogP contribution in [0.3, 0.4) is 0 Å². The molecule has 2 heterocycles. The summed E-state index contributed by atoms with van der Waals surface area (Å²) in [7, 11) is 0. The Hall–Kier alpha value is -3.03. The lowest BCUT2D eigenvalue weighted by Gasteiger charge is -2.28. The number of ether oxygens (including phenoxy) is 2. The van der Waals surface area contributed by atoms with Gasteiger partial charge in [-0.15, -0.1) is 0 Å². The first-order chi connectivity index (χ1) is 12.1. The molecule has 1 amide bonds. The number of hydrogen-bond donors (Lipinski definition) is 2. The number of nitrogens with one attached hydrogen (secondary N) is 1. The zero-order valence-electron chi connectivity index (χ0n) is 14.4. The van der Waals surface area contributed by atoms with Gasteiger partial charge in [-0.1, -0.05) is 6.07 Å². The lowest BCUT2D eigenvalue weighted by molar-refractivity contribution is -0.115. The van der Waals surface area contributed by atoms with Gasteiger partial charge in [0, 0.05) is 5.70 Å². The molecule has 8 heteroatoms. The van der Waals surface area contributed by atoms with E-state index < -0.39 is 11.9 Å². The van der Waals surface area contributed by atoms with Crippen LogP contribution in [0.5, 0.6) is 11.5 Å². The van der Waals surface area contributed by atoms with Gasteiger partial charge in [-0.2, -0.15) is 10.1 Å². The van der Waals surface area contributed by atoms with Crippen LogP contribution in [-0.4, -0.2) is 33.9 Å². The number of amides is 1. The van der Waals surface area contributed by atoms with Crippen LogP contribution in [0.15, 0.2) is 35.8 Å². The molecular formula is C17H21N5O3. The Morgan fingerprint density at radius 1 is 1.28 bits per heavy atom. The van der Waals surface area contributed by atoms with Crippen molar-refractivity contribution in [2.24, 2.45) is 5.73 Å². The first kappa shape index (κ1) is 16.8. The van der Waals surface area contributed by atoms with Gasteiger partial charge in [0.25, 0.3) is 0 Å². The van der Waals surface area contributed by atoms with Crippen molar-refractivity contribution in [3.05, 3.63) is 41.4 Å². The quantitative estimate of drug-likeness (QED) is 0.829. The van der Waals surface area contributed by atoms with Gasteiger partial charge in [0.05, 0.1) is 18.8 Å². The predicted molar refractivity (Wildman–Crippen MR) is 92.5 cm³/mol. The Balaban J connectivity index is 2.13. The molecule has 1 aliphatic heterocycles. The molecule has 1 unspecified atom stereocenters. The second kappa shape index (κ2) is 6.84. The average molecular weight is 343 g/mol. The zero-order valence-corrected chi connectivity index (χ0v) is 14.4. The fourth-order valence-corrected chi connectivity index (χ4v) is 2.96. The standard InChI is InChI=1S/C17H21N5O3/c1-4-24-12-7-6-11(8-13(12)25-5-2)15-14(16(18)23)10(3)21-17-19-9-20-22(15)17/h6-9,15H,4-5H2,1-3H3,(H2,18,23)(H,19,20,21). The smallest absolute Gasteiger partial charge is 0.248 e. The van der Waals surface area contributed by atoms with Crippen LogP contribution in [0.4, 0.5) is 5.95 Å². The highest BCUT2D eigenvalue weighted by molar-refractivity contribution is 5.95. The Morgan fingerprint density at radius 2 is 2.00 bits per heavy atom. The highest BCUT2D eigenvalue weighted by Crippen LogP contribution is 2.38. The van der Waals surface area contributed by atoms with Crippen LogP contribution in [0.2, 0.25) is 0 Å². The summed E-state index contributed by atoms with van der Waals surface area (Å²) in [5, 5.41) is 7.30. The topological polar surface area (TPSA) is 104 Å². The summed E-state index contributed by atoms with van der Waals surface area (Å²) in [5.74, 6) is 1.31. The van der Waals surface area contributed by atoms with Crippen LogP contribution < -0.4 is 20.5 Å². The molecule has 2 aromatic rings. The Kier molecular flexibility index (Phi) is 4.60. The number of nitrogens with zero attached hydrogens (tertiary/aromatic N) is 3. The molecule has 0 fully saturated rings. The van der Waals surface area contributed by atoms with Gasteiger partial charge in [-0.25, -0.2) is 4.68 Å². The van der Waals surface area contributed by atoms with Crippen LogP contribution in [0, 0.1) is 0 Å². The third kappa shape index (κ3) is 3.02. The molecule has 0 radical (unpaired) electrons. The number of aromatic nitrogens is 3. The van der Waals surface area contributed by atoms with Crippen molar-refractivity contribution in [1.29, 1.82) is 0 Å². The molecular weight excluding hydrogens is 322 g/mol. The largest absolute Gasteiger partial charge is 0.490 e. The number of primary amides is 1. The van der Waals surface area contributed by atoms with Crippen molar-refractivity contribution in [1.82, 2.24) is 14.8 Å². The van der Waals surface area contributed by atoms with Crippen molar-refractivity contribution < 1.29 is 14.3 Å². The van der Waals surface area contributed by atoms with Gasteiger partial charge >= 0.3 is 0 Å². The maximum atomic E-state index is 12.1. The normalized spacial score (nSPS) is 16.2. The second-order valence-corrected chi connectivity index (χ2v) is 5.53. The molecule has 25 heavy (non-hydrogen) atoms. The summed E-state index contributed by atoms with van der Waals surface area (Å²) in [6, 6.07) is 5.08. The summed E-state index contributed by atoms with van der Waals surface area (Å²) >= 11 is 0. The van der Waals surface area contributed by atoms with Gasteiger partial charge in [0.15, 0.2) is 11.5 Å². The number of allylic oxidation sites excluding steroid dienone is 1. The first-order valence-corrected chi connectivity index (χ1v) is 8.13. The minimum Gasteiger partial charge on any atom is -0.490 e. The van der Waals surface area contributed by atoms with E-state index in [0.29, 0.717) is 41.9 Å². The number of carbonyl (C=O) groups excluding carboxylic acids is 1. The van der Waals surface area contributed by atoms with E-state index in [1.165, 1.54) is 6.33 Å². The van der Waals surface area contributed by atoms with Crippen molar-refractivity contribution in [2.75, 3.05) is 18.5 Å². The molecule has 0 aliphatic carbocycles. The zero-order chi connectivity index (χ0) is 18.0. The second-order valence-electron chi connectivity index (χ2n) is 5.53. The maximum Gasteiger partial charge on any atom is 0.248 e. The highest BCUT2D eigenvalue weighted by Gasteiger charge is 2.32. The number of rotatable bonds is 6. The number of nitrogens with two attached hydrogens (primary N) is 1. The summed E-state index contributed by atoms with van der Waals surface area (Å²) in [6.07, 6.45) is 1.44. The fourth-order valence-electron chi connectivity index (χ4n) is 2.96. The molecule has 8 nitrogen and oxygen atoms in total. The van der Waals surface area contributed by atoms with E-state index in [4.69, 9.17) is 15.2 Å². The van der Waals surface area contributed by atoms with Crippen molar-refractivity contribution >= 4 is 11.9 Å². The summed E-state index contributed by atoms with van der Waals surface area (Å²) in [5.41, 5.74) is 7.54.